The average Bonchev–Trinajstić information content (AvgIpc) is 1.64. The van der Waals surface area contributed by atoms with E-state index >= 15 is 0 Å². The Bertz CT molecular complexity index is 174. The summed E-state index contributed by atoms with van der Waals surface area (Å²) in [6.07, 6.45) is 8.90. The molecule has 0 radical (unpaired) electrons. The van der Waals surface area contributed by atoms with Gasteiger partial charge in [-0.05, 0) is 15.9 Å². The minimum absolute atomic E-state index is 1.11. The third-order valence-electron chi connectivity index (χ3n) is 0.728. The van der Waals surface area contributed by atoms with Crippen LogP contribution in [0.25, 0.3) is 0 Å². The summed E-state index contributed by atoms with van der Waals surface area (Å²) in [6, 6.07) is 0. The molecule has 0 saturated heterocycles. The Morgan fingerprint density at radius 2 is 2.38 bits per heavy atom. The van der Waals surface area contributed by atoms with E-state index in [-0.39, 0.29) is 0 Å². The van der Waals surface area contributed by atoms with Gasteiger partial charge >= 0.3 is 0 Å². The predicted octanol–water partition coefficient (Wildman–Crippen LogP) is 2.96. The fraction of sp³-hybridized carbons (Fsp3) is 0. The van der Waals surface area contributed by atoms with Gasteiger partial charge in [0.1, 0.15) is 10.6 Å². The van der Waals surface area contributed by atoms with Crippen molar-refractivity contribution in [2.24, 2.45) is 0 Å². The lowest BCUT2D eigenvalue weighted by molar-refractivity contribution is 1.72. The molecule has 0 aromatic carbocycles. The Morgan fingerprint density at radius 3 is 2.75 bits per heavy atom. The molecule has 1 aliphatic carbocycles. The van der Waals surface area contributed by atoms with Crippen molar-refractivity contribution < 1.29 is 0 Å². The fourth-order valence-corrected chi connectivity index (χ4v) is 1.72. The largest absolute Gasteiger partial charge is 0.176 e. The molecule has 0 nitrogen and oxygen atoms in total. The number of rotatable bonds is 0. The highest BCUT2D eigenvalue weighted by Gasteiger charge is 2.02. The number of halogens is 2. The maximum atomic E-state index is 3.34. The highest BCUT2D eigenvalue weighted by Crippen LogP contribution is 2.19. The molecule has 0 saturated carbocycles. The topological polar surface area (TPSA) is 0 Å². The summed E-state index contributed by atoms with van der Waals surface area (Å²) in [5.74, 6) is 0. The molecular formula is C6H3BrI+. The van der Waals surface area contributed by atoms with Crippen molar-refractivity contribution >= 4 is 38.5 Å². The van der Waals surface area contributed by atoms with E-state index < -0.39 is 0 Å². The highest BCUT2D eigenvalue weighted by molar-refractivity contribution is 14.1. The van der Waals surface area contributed by atoms with Gasteiger partial charge in [0.05, 0.1) is 18.2 Å². The molecular weight excluding hydrogens is 279 g/mol. The number of allylic oxidation sites excluding steroid dienone is 6. The van der Waals surface area contributed by atoms with Crippen LogP contribution in [0.1, 0.15) is 0 Å². The summed E-state index contributed by atoms with van der Waals surface area (Å²) in [5, 5.41) is 0. The molecule has 0 unspecified atom stereocenters. The first-order valence-electron chi connectivity index (χ1n) is 2.12. The van der Waals surface area contributed by atoms with E-state index in [0.717, 1.165) is 8.06 Å². The molecule has 0 spiro atoms. The summed E-state index contributed by atoms with van der Waals surface area (Å²) in [6.45, 7) is 0. The van der Waals surface area contributed by atoms with Crippen molar-refractivity contribution in [3.05, 3.63) is 32.4 Å². The second kappa shape index (κ2) is 2.76. The van der Waals surface area contributed by atoms with Crippen LogP contribution in [0.4, 0.5) is 0 Å². The lowest BCUT2D eigenvalue weighted by Gasteiger charge is -1.82. The third kappa shape index (κ3) is 1.69. The SMILES string of the molecule is BrC1=CC(I)=[C+]C=C1. The summed E-state index contributed by atoms with van der Waals surface area (Å²) in [4.78, 5) is 0. The first kappa shape index (κ1) is 6.46. The summed E-state index contributed by atoms with van der Waals surface area (Å²) in [7, 11) is 0. The van der Waals surface area contributed by atoms with E-state index in [9.17, 15) is 0 Å². The number of hydrogen-bond donors (Lipinski definition) is 0. The zero-order chi connectivity index (χ0) is 5.98. The zero-order valence-corrected chi connectivity index (χ0v) is 7.73. The Kier molecular flexibility index (Phi) is 2.23. The van der Waals surface area contributed by atoms with Crippen molar-refractivity contribution in [1.29, 1.82) is 0 Å². The van der Waals surface area contributed by atoms with Crippen LogP contribution in [0, 0.1) is 6.08 Å². The van der Waals surface area contributed by atoms with Crippen LogP contribution in [0.5, 0.6) is 0 Å². The van der Waals surface area contributed by atoms with Crippen LogP contribution in [0.15, 0.2) is 26.3 Å². The molecule has 40 valence electrons. The first-order chi connectivity index (χ1) is 3.79. The summed E-state index contributed by atoms with van der Waals surface area (Å²) in [5.41, 5.74) is 0. The molecule has 1 rings (SSSR count). The molecule has 0 aliphatic heterocycles. The van der Waals surface area contributed by atoms with Crippen LogP contribution < -0.4 is 0 Å². The van der Waals surface area contributed by atoms with Gasteiger partial charge in [-0.1, -0.05) is 0 Å². The Labute approximate surface area is 70.6 Å². The minimum Gasteiger partial charge on any atom is -0.0184 e. The van der Waals surface area contributed by atoms with Gasteiger partial charge in [-0.2, -0.15) is 0 Å². The van der Waals surface area contributed by atoms with E-state index in [2.05, 4.69) is 44.6 Å². The molecule has 1 aliphatic rings. The van der Waals surface area contributed by atoms with E-state index in [4.69, 9.17) is 0 Å². The fourth-order valence-electron chi connectivity index (χ4n) is 0.412. The highest BCUT2D eigenvalue weighted by atomic mass is 127. The van der Waals surface area contributed by atoms with Crippen LogP contribution >= 0.6 is 38.5 Å². The monoisotopic (exact) mass is 281 g/mol. The molecule has 8 heavy (non-hydrogen) atoms. The molecule has 0 amide bonds. The Hall–Kier alpha value is 0.340. The van der Waals surface area contributed by atoms with Crippen LogP contribution in [-0.4, -0.2) is 0 Å². The maximum Gasteiger partial charge on any atom is 0.176 e. The van der Waals surface area contributed by atoms with Crippen LogP contribution in [-0.2, 0) is 0 Å². The Morgan fingerprint density at radius 1 is 1.62 bits per heavy atom. The lowest BCUT2D eigenvalue weighted by atomic mass is 10.3. The van der Waals surface area contributed by atoms with Crippen molar-refractivity contribution in [2.75, 3.05) is 0 Å². The van der Waals surface area contributed by atoms with Gasteiger partial charge in [-0.3, -0.25) is 0 Å². The molecule has 0 atom stereocenters. The molecule has 2 heteroatoms. The second-order valence-electron chi connectivity index (χ2n) is 1.35. The predicted molar refractivity (Wildman–Crippen MR) is 46.9 cm³/mol. The van der Waals surface area contributed by atoms with Crippen molar-refractivity contribution in [2.45, 2.75) is 0 Å². The van der Waals surface area contributed by atoms with Gasteiger partial charge < -0.3 is 0 Å². The Balaban J connectivity index is 2.89. The van der Waals surface area contributed by atoms with Gasteiger partial charge in [0.25, 0.3) is 0 Å². The smallest absolute Gasteiger partial charge is 0.0184 e. The van der Waals surface area contributed by atoms with Gasteiger partial charge in [0.15, 0.2) is 3.58 Å². The summed E-state index contributed by atoms with van der Waals surface area (Å²) < 4.78 is 2.25. The summed E-state index contributed by atoms with van der Waals surface area (Å²) >= 11 is 5.56. The number of hydrogen-bond acceptors (Lipinski definition) is 0. The molecule has 0 N–H and O–H groups in total. The second-order valence-corrected chi connectivity index (χ2v) is 3.43. The van der Waals surface area contributed by atoms with E-state index in [1.165, 1.54) is 0 Å². The lowest BCUT2D eigenvalue weighted by Crippen LogP contribution is -1.71. The first-order valence-corrected chi connectivity index (χ1v) is 3.99. The van der Waals surface area contributed by atoms with Crippen LogP contribution in [0.2, 0.25) is 0 Å². The standard InChI is InChI=1S/C6H3BrI/c7-5-2-1-3-6(8)4-5/h1-2,4H/q+1. The average molecular weight is 282 g/mol. The van der Waals surface area contributed by atoms with Gasteiger partial charge in [-0.15, -0.1) is 0 Å². The minimum atomic E-state index is 1.11. The molecule has 0 aromatic rings. The normalized spacial score (nSPS) is 16.8. The van der Waals surface area contributed by atoms with Gasteiger partial charge in [0, 0.05) is 22.6 Å². The zero-order valence-electron chi connectivity index (χ0n) is 3.99. The quantitative estimate of drug-likeness (QED) is 0.473. The van der Waals surface area contributed by atoms with Crippen molar-refractivity contribution in [1.82, 2.24) is 0 Å². The molecule has 0 aromatic heterocycles. The van der Waals surface area contributed by atoms with Crippen LogP contribution in [0.3, 0.4) is 0 Å². The van der Waals surface area contributed by atoms with Crippen molar-refractivity contribution in [3.63, 3.8) is 0 Å². The van der Waals surface area contributed by atoms with Gasteiger partial charge in [0.2, 0.25) is 0 Å². The molecule has 0 heterocycles. The third-order valence-corrected chi connectivity index (χ3v) is 1.84. The van der Waals surface area contributed by atoms with Crippen molar-refractivity contribution in [3.8, 4) is 0 Å². The van der Waals surface area contributed by atoms with E-state index in [1.807, 2.05) is 18.2 Å². The maximum absolute atomic E-state index is 3.34. The van der Waals surface area contributed by atoms with E-state index in [0.29, 0.717) is 0 Å². The van der Waals surface area contributed by atoms with Gasteiger partial charge in [-0.25, -0.2) is 0 Å². The van der Waals surface area contributed by atoms with E-state index in [1.54, 1.807) is 0 Å². The molecule has 0 fully saturated rings. The molecule has 0 bridgehead atoms.